The van der Waals surface area contributed by atoms with Crippen molar-refractivity contribution in [3.63, 3.8) is 0 Å². The smallest absolute Gasteiger partial charge is 0.177 e. The minimum atomic E-state index is -0.308. The van der Waals surface area contributed by atoms with Crippen molar-refractivity contribution in [2.45, 2.75) is 39.5 Å². The van der Waals surface area contributed by atoms with Gasteiger partial charge in [0.1, 0.15) is 0 Å². The van der Waals surface area contributed by atoms with E-state index in [0.717, 1.165) is 11.3 Å². The highest BCUT2D eigenvalue weighted by Crippen LogP contribution is 2.31. The molecular weight excluding hydrogens is 376 g/mol. The maximum Gasteiger partial charge on any atom is 0.177 e. The van der Waals surface area contributed by atoms with Crippen LogP contribution in [0, 0.1) is 23.2 Å². The number of hydrogen-bond donors (Lipinski definition) is 0. The number of ether oxygens (including phenoxy) is 2. The third kappa shape index (κ3) is 4.67. The second kappa shape index (κ2) is 7.75. The zero-order chi connectivity index (χ0) is 19.7. The van der Waals surface area contributed by atoms with E-state index in [2.05, 4.69) is 36.0 Å². The van der Waals surface area contributed by atoms with Gasteiger partial charge in [-0.1, -0.05) is 42.5 Å². The van der Waals surface area contributed by atoms with E-state index < -0.39 is 0 Å². The fourth-order valence-electron chi connectivity index (χ4n) is 2.90. The first-order valence-corrected chi connectivity index (χ1v) is 9.96. The summed E-state index contributed by atoms with van der Waals surface area (Å²) in [6.07, 6.45) is 3.98. The molecule has 148 valence electrons. The summed E-state index contributed by atoms with van der Waals surface area (Å²) in [7, 11) is 1.92. The maximum atomic E-state index is 6.42. The summed E-state index contributed by atoms with van der Waals surface area (Å²) in [4.78, 5) is 1.92. The molecule has 1 saturated heterocycles. The van der Waals surface area contributed by atoms with E-state index in [4.69, 9.17) is 21.1 Å². The first-order valence-electron chi connectivity index (χ1n) is 9.58. The van der Waals surface area contributed by atoms with E-state index in [1.165, 1.54) is 12.8 Å². The minimum absolute atomic E-state index is 0.0500. The number of hydrogen-bond acceptors (Lipinski definition) is 5. The molecule has 1 aromatic heterocycles. The van der Waals surface area contributed by atoms with E-state index in [1.54, 1.807) is 4.68 Å². The van der Waals surface area contributed by atoms with Gasteiger partial charge < -0.3 is 14.4 Å². The van der Waals surface area contributed by atoms with E-state index >= 15 is 0 Å². The summed E-state index contributed by atoms with van der Waals surface area (Å²) in [6.45, 7) is 6.08. The Bertz CT molecular complexity index is 901. The fourth-order valence-corrected chi connectivity index (χ4v) is 3.14. The van der Waals surface area contributed by atoms with Crippen molar-refractivity contribution in [1.29, 1.82) is 0 Å². The molecule has 4 rings (SSSR count). The van der Waals surface area contributed by atoms with Crippen molar-refractivity contribution in [1.82, 2.24) is 15.0 Å². The summed E-state index contributed by atoms with van der Waals surface area (Å²) in [5.74, 6) is 7.78. The third-order valence-corrected chi connectivity index (χ3v) is 5.15. The first-order chi connectivity index (χ1) is 13.4. The quantitative estimate of drug-likeness (QED) is 0.729. The normalized spacial score (nSPS) is 19.1. The second-order valence-corrected chi connectivity index (χ2v) is 8.69. The predicted octanol–water partition coefficient (Wildman–Crippen LogP) is 3.86. The van der Waals surface area contributed by atoms with Crippen molar-refractivity contribution < 1.29 is 9.47 Å². The van der Waals surface area contributed by atoms with Crippen LogP contribution in [0.2, 0.25) is 5.02 Å². The van der Waals surface area contributed by atoms with Crippen LogP contribution in [0.5, 0.6) is 0 Å². The number of nitrogens with zero attached hydrogens (tertiary/aromatic N) is 4. The van der Waals surface area contributed by atoms with Crippen LogP contribution < -0.4 is 4.90 Å². The lowest BCUT2D eigenvalue weighted by atomic mass is 9.96. The van der Waals surface area contributed by atoms with Gasteiger partial charge in [0, 0.05) is 23.9 Å². The molecule has 6 nitrogen and oxygen atoms in total. The van der Waals surface area contributed by atoms with Gasteiger partial charge in [0.05, 0.1) is 36.7 Å². The monoisotopic (exact) mass is 400 g/mol. The van der Waals surface area contributed by atoms with Crippen LogP contribution in [0.4, 0.5) is 11.5 Å². The van der Waals surface area contributed by atoms with Crippen molar-refractivity contribution >= 4 is 23.1 Å². The van der Waals surface area contributed by atoms with Crippen LogP contribution in [0.15, 0.2) is 24.4 Å². The Morgan fingerprint density at radius 2 is 2.04 bits per heavy atom. The van der Waals surface area contributed by atoms with Gasteiger partial charge in [-0.15, -0.1) is 5.10 Å². The molecule has 2 aromatic rings. The maximum absolute atomic E-state index is 6.42. The lowest BCUT2D eigenvalue weighted by molar-refractivity contribution is -0.227. The summed E-state index contributed by atoms with van der Waals surface area (Å²) < 4.78 is 13.3. The van der Waals surface area contributed by atoms with Gasteiger partial charge in [0.25, 0.3) is 0 Å². The van der Waals surface area contributed by atoms with Crippen LogP contribution in [0.25, 0.3) is 0 Å². The Labute approximate surface area is 170 Å². The molecule has 0 N–H and O–H groups in total. The first kappa shape index (κ1) is 19.3. The van der Waals surface area contributed by atoms with Crippen LogP contribution in [-0.4, -0.2) is 41.5 Å². The molecule has 1 aliphatic carbocycles. The Morgan fingerprint density at radius 3 is 2.75 bits per heavy atom. The van der Waals surface area contributed by atoms with Crippen LogP contribution in [0.3, 0.4) is 0 Å². The molecule has 2 heterocycles. The molecule has 0 amide bonds. The van der Waals surface area contributed by atoms with Gasteiger partial charge in [0.2, 0.25) is 0 Å². The Balaban J connectivity index is 1.45. The number of rotatable bonds is 4. The third-order valence-electron chi connectivity index (χ3n) is 4.83. The Hall–Kier alpha value is -2.07. The molecule has 7 heteroatoms. The van der Waals surface area contributed by atoms with Gasteiger partial charge in [0.15, 0.2) is 12.1 Å². The highest BCUT2D eigenvalue weighted by molar-refractivity contribution is 6.33. The summed E-state index contributed by atoms with van der Waals surface area (Å²) >= 11 is 6.42. The van der Waals surface area contributed by atoms with E-state index in [1.807, 2.05) is 36.3 Å². The second-order valence-electron chi connectivity index (χ2n) is 8.28. The fraction of sp³-hybridized carbons (Fsp3) is 0.524. The van der Waals surface area contributed by atoms with Crippen LogP contribution in [-0.2, 0) is 16.0 Å². The summed E-state index contributed by atoms with van der Waals surface area (Å²) in [6, 6.07) is 5.82. The molecule has 0 bridgehead atoms. The molecule has 0 spiro atoms. The van der Waals surface area contributed by atoms with Crippen LogP contribution in [0.1, 0.15) is 32.3 Å². The molecule has 0 atom stereocenters. The SMILES string of the molecule is CN(c1cn(CC2OCC(C)(C)CO2)nn1)c1cc(C#CC2CC2)ccc1Cl. The zero-order valence-electron chi connectivity index (χ0n) is 16.5. The summed E-state index contributed by atoms with van der Waals surface area (Å²) in [5, 5.41) is 9.13. The van der Waals surface area contributed by atoms with Crippen molar-refractivity contribution in [3.05, 3.63) is 35.0 Å². The largest absolute Gasteiger partial charge is 0.350 e. The molecular formula is C21H25ClN4O2. The topological polar surface area (TPSA) is 52.4 Å². The van der Waals surface area contributed by atoms with Crippen molar-refractivity contribution in [2.75, 3.05) is 25.2 Å². The lowest BCUT2D eigenvalue weighted by Gasteiger charge is -2.34. The minimum Gasteiger partial charge on any atom is -0.350 e. The summed E-state index contributed by atoms with van der Waals surface area (Å²) in [5.41, 5.74) is 1.86. The molecule has 0 radical (unpaired) electrons. The molecule has 2 fully saturated rings. The molecule has 28 heavy (non-hydrogen) atoms. The number of halogens is 1. The molecule has 2 aliphatic rings. The number of aromatic nitrogens is 3. The van der Waals surface area contributed by atoms with E-state index in [0.29, 0.717) is 36.5 Å². The standard InChI is InChI=1S/C21H25ClN4O2/c1-21(2)13-27-20(28-14-21)12-26-11-19(23-24-26)25(3)18-10-16(8-9-17(18)22)7-6-15-4-5-15/h8-11,15,20H,4-5,12-14H2,1-3H3. The predicted molar refractivity (Wildman–Crippen MR) is 109 cm³/mol. The molecule has 0 unspecified atom stereocenters. The number of benzene rings is 1. The van der Waals surface area contributed by atoms with Crippen molar-refractivity contribution in [2.24, 2.45) is 11.3 Å². The van der Waals surface area contributed by atoms with Gasteiger partial charge in [-0.2, -0.15) is 0 Å². The highest BCUT2D eigenvalue weighted by atomic mass is 35.5. The number of anilines is 2. The van der Waals surface area contributed by atoms with Gasteiger partial charge in [-0.25, -0.2) is 4.68 Å². The average Bonchev–Trinajstić information content (AvgIpc) is 3.39. The zero-order valence-corrected chi connectivity index (χ0v) is 17.2. The van der Waals surface area contributed by atoms with Gasteiger partial charge in [-0.3, -0.25) is 0 Å². The van der Waals surface area contributed by atoms with Crippen molar-refractivity contribution in [3.8, 4) is 11.8 Å². The Kier molecular flexibility index (Phi) is 5.33. The van der Waals surface area contributed by atoms with E-state index in [9.17, 15) is 0 Å². The highest BCUT2D eigenvalue weighted by Gasteiger charge is 2.28. The molecule has 1 aromatic carbocycles. The lowest BCUT2D eigenvalue weighted by Crippen LogP contribution is -2.39. The molecule has 1 aliphatic heterocycles. The van der Waals surface area contributed by atoms with Gasteiger partial charge >= 0.3 is 0 Å². The van der Waals surface area contributed by atoms with Crippen LogP contribution >= 0.6 is 11.6 Å². The van der Waals surface area contributed by atoms with Gasteiger partial charge in [-0.05, 0) is 31.0 Å². The molecule has 1 saturated carbocycles. The Morgan fingerprint density at radius 1 is 1.29 bits per heavy atom. The average molecular weight is 401 g/mol. The van der Waals surface area contributed by atoms with E-state index in [-0.39, 0.29) is 11.7 Å².